The van der Waals surface area contributed by atoms with Crippen LogP contribution in [0.1, 0.15) is 52.5 Å². The molecule has 0 spiro atoms. The molecule has 0 atom stereocenters. The van der Waals surface area contributed by atoms with Crippen LogP contribution in [0.3, 0.4) is 0 Å². The fourth-order valence-electron chi connectivity index (χ4n) is 2.97. The number of nitrogens with one attached hydrogen (secondary N) is 2. The first kappa shape index (κ1) is 23.2. The highest BCUT2D eigenvalue weighted by Crippen LogP contribution is 2.27. The third-order valence-corrected chi connectivity index (χ3v) is 4.63. The van der Waals surface area contributed by atoms with Crippen LogP contribution in [0.5, 0.6) is 0 Å². The van der Waals surface area contributed by atoms with Crippen LogP contribution < -0.4 is 10.6 Å². The molecule has 0 unspecified atom stereocenters. The monoisotopic (exact) mass is 449 g/mol. The van der Waals surface area contributed by atoms with E-state index in [9.17, 15) is 27.9 Å². The lowest BCUT2D eigenvalue weighted by atomic mass is 10.0. The van der Waals surface area contributed by atoms with E-state index in [1.54, 1.807) is 24.4 Å². The van der Waals surface area contributed by atoms with Gasteiger partial charge in [-0.3, -0.25) is 9.59 Å². The van der Waals surface area contributed by atoms with Gasteiger partial charge in [-0.1, -0.05) is 6.07 Å². The minimum Gasteiger partial charge on any atom is -0.390 e. The summed E-state index contributed by atoms with van der Waals surface area (Å²) in [5, 5.41) is 14.8. The van der Waals surface area contributed by atoms with E-state index in [4.69, 9.17) is 0 Å². The van der Waals surface area contributed by atoms with E-state index < -0.39 is 35.0 Å². The SMILES string of the molecule is CNC(=O)c1cc2nc(CCC(C)(C)O)cn2cc1NC(=O)c1cccc(C(F)(F)F)n1. The average Bonchev–Trinajstić information content (AvgIpc) is 3.12. The van der Waals surface area contributed by atoms with Gasteiger partial charge in [-0.15, -0.1) is 0 Å². The minimum absolute atomic E-state index is 0.0764. The number of alkyl halides is 3. The summed E-state index contributed by atoms with van der Waals surface area (Å²) in [6.45, 7) is 3.36. The van der Waals surface area contributed by atoms with Crippen LogP contribution in [0.2, 0.25) is 0 Å². The molecule has 0 aromatic carbocycles. The molecule has 3 rings (SSSR count). The summed E-state index contributed by atoms with van der Waals surface area (Å²) >= 11 is 0. The Bertz CT molecular complexity index is 1170. The summed E-state index contributed by atoms with van der Waals surface area (Å²) in [4.78, 5) is 32.7. The maximum absolute atomic E-state index is 12.9. The second-order valence-electron chi connectivity index (χ2n) is 7.85. The molecule has 0 fully saturated rings. The van der Waals surface area contributed by atoms with Gasteiger partial charge in [0.15, 0.2) is 0 Å². The first-order valence-corrected chi connectivity index (χ1v) is 9.69. The number of hydrogen-bond donors (Lipinski definition) is 3. The third kappa shape index (κ3) is 5.41. The van der Waals surface area contributed by atoms with Crippen molar-refractivity contribution in [3.05, 3.63) is 59.3 Å². The molecule has 0 aliphatic carbocycles. The van der Waals surface area contributed by atoms with Gasteiger partial charge in [0.25, 0.3) is 11.8 Å². The number of halogens is 3. The summed E-state index contributed by atoms with van der Waals surface area (Å²) in [6, 6.07) is 4.45. The number of aliphatic hydroxyl groups is 1. The van der Waals surface area contributed by atoms with Crippen LogP contribution in [0.25, 0.3) is 5.65 Å². The molecule has 170 valence electrons. The Hall–Kier alpha value is -3.47. The lowest BCUT2D eigenvalue weighted by Crippen LogP contribution is -2.23. The summed E-state index contributed by atoms with van der Waals surface area (Å²) in [5.41, 5.74) is -1.26. The lowest BCUT2D eigenvalue weighted by molar-refractivity contribution is -0.141. The number of anilines is 1. The van der Waals surface area contributed by atoms with Crippen molar-refractivity contribution in [3.63, 3.8) is 0 Å². The highest BCUT2D eigenvalue weighted by molar-refractivity contribution is 6.08. The molecule has 0 saturated carbocycles. The number of carbonyl (C=O) groups is 2. The predicted octanol–water partition coefficient (Wildman–Crippen LogP) is 3.06. The zero-order chi connectivity index (χ0) is 23.7. The summed E-state index contributed by atoms with van der Waals surface area (Å²) in [7, 11) is 1.41. The third-order valence-electron chi connectivity index (χ3n) is 4.63. The van der Waals surface area contributed by atoms with Gasteiger partial charge in [0.05, 0.1) is 22.5 Å². The van der Waals surface area contributed by atoms with Gasteiger partial charge in [0, 0.05) is 19.4 Å². The highest BCUT2D eigenvalue weighted by atomic mass is 19.4. The molecule has 0 bridgehead atoms. The van der Waals surface area contributed by atoms with Crippen molar-refractivity contribution in [1.82, 2.24) is 19.7 Å². The van der Waals surface area contributed by atoms with E-state index in [0.29, 0.717) is 24.2 Å². The maximum atomic E-state index is 12.9. The first-order chi connectivity index (χ1) is 14.9. The number of carbonyl (C=O) groups excluding carboxylic acids is 2. The second-order valence-corrected chi connectivity index (χ2v) is 7.85. The van der Waals surface area contributed by atoms with Gasteiger partial charge in [0.2, 0.25) is 0 Å². The maximum Gasteiger partial charge on any atom is 0.433 e. The number of aryl methyl sites for hydroxylation is 1. The number of imidazole rings is 1. The second kappa shape index (κ2) is 8.58. The van der Waals surface area contributed by atoms with Crippen LogP contribution in [0.15, 0.2) is 36.7 Å². The molecule has 3 N–H and O–H groups in total. The van der Waals surface area contributed by atoms with Gasteiger partial charge in [-0.05, 0) is 44.9 Å². The molecule has 2 amide bonds. The van der Waals surface area contributed by atoms with Crippen molar-refractivity contribution in [2.75, 3.05) is 12.4 Å². The Morgan fingerprint density at radius 2 is 1.84 bits per heavy atom. The van der Waals surface area contributed by atoms with Crippen molar-refractivity contribution in [1.29, 1.82) is 0 Å². The number of pyridine rings is 2. The van der Waals surface area contributed by atoms with Crippen molar-refractivity contribution in [3.8, 4) is 0 Å². The Labute approximate surface area is 181 Å². The van der Waals surface area contributed by atoms with Crippen LogP contribution >= 0.6 is 0 Å². The smallest absolute Gasteiger partial charge is 0.390 e. The minimum atomic E-state index is -4.70. The van der Waals surface area contributed by atoms with E-state index in [0.717, 1.165) is 18.2 Å². The largest absolute Gasteiger partial charge is 0.433 e. The van der Waals surface area contributed by atoms with E-state index in [1.165, 1.54) is 19.3 Å². The number of amides is 2. The number of rotatable bonds is 6. The van der Waals surface area contributed by atoms with Gasteiger partial charge in [-0.2, -0.15) is 13.2 Å². The fraction of sp³-hybridized carbons (Fsp3) is 0.333. The van der Waals surface area contributed by atoms with Crippen LogP contribution in [-0.4, -0.2) is 43.9 Å². The Kier molecular flexibility index (Phi) is 6.22. The number of nitrogens with zero attached hydrogens (tertiary/aromatic N) is 3. The molecular weight excluding hydrogens is 427 g/mol. The molecule has 0 aliphatic heterocycles. The van der Waals surface area contributed by atoms with E-state index in [2.05, 4.69) is 20.6 Å². The zero-order valence-electron chi connectivity index (χ0n) is 17.6. The molecule has 8 nitrogen and oxygen atoms in total. The van der Waals surface area contributed by atoms with Crippen molar-refractivity contribution in [2.45, 2.75) is 38.5 Å². The standard InChI is InChI=1S/C21H22F3N5O3/c1-20(2,32)8-7-12-10-29-11-15(13(18(30)25-3)9-17(29)26-12)28-19(31)14-5-4-6-16(27-14)21(22,23)24/h4-6,9-11,32H,7-8H2,1-3H3,(H,25,30)(H,28,31). The quantitative estimate of drug-likeness (QED) is 0.536. The van der Waals surface area contributed by atoms with Crippen molar-refractivity contribution < 1.29 is 27.9 Å². The topological polar surface area (TPSA) is 109 Å². The Morgan fingerprint density at radius 3 is 2.47 bits per heavy atom. The van der Waals surface area contributed by atoms with Crippen molar-refractivity contribution in [2.24, 2.45) is 0 Å². The van der Waals surface area contributed by atoms with E-state index in [-0.39, 0.29) is 11.3 Å². The molecular formula is C21H22F3N5O3. The van der Waals surface area contributed by atoms with Gasteiger partial charge < -0.3 is 20.1 Å². The number of aromatic nitrogens is 3. The van der Waals surface area contributed by atoms with Gasteiger partial charge in [-0.25, -0.2) is 9.97 Å². The molecule has 3 heterocycles. The van der Waals surface area contributed by atoms with Crippen LogP contribution in [0.4, 0.5) is 18.9 Å². The molecule has 0 radical (unpaired) electrons. The van der Waals surface area contributed by atoms with Gasteiger partial charge in [0.1, 0.15) is 17.0 Å². The Morgan fingerprint density at radius 1 is 1.12 bits per heavy atom. The van der Waals surface area contributed by atoms with Crippen LogP contribution in [-0.2, 0) is 12.6 Å². The Balaban J connectivity index is 1.95. The molecule has 32 heavy (non-hydrogen) atoms. The molecule has 0 saturated heterocycles. The lowest BCUT2D eigenvalue weighted by Gasteiger charge is -2.15. The average molecular weight is 449 g/mol. The normalized spacial score (nSPS) is 12.1. The van der Waals surface area contributed by atoms with Crippen molar-refractivity contribution >= 4 is 23.1 Å². The molecule has 3 aromatic rings. The van der Waals surface area contributed by atoms with Crippen LogP contribution in [0, 0.1) is 0 Å². The summed E-state index contributed by atoms with van der Waals surface area (Å²) in [6.07, 6.45) is -0.613. The molecule has 0 aliphatic rings. The molecule has 11 heteroatoms. The van der Waals surface area contributed by atoms with E-state index >= 15 is 0 Å². The number of fused-ring (bicyclic) bond motifs is 1. The highest BCUT2D eigenvalue weighted by Gasteiger charge is 2.33. The fourth-order valence-corrected chi connectivity index (χ4v) is 2.97. The van der Waals surface area contributed by atoms with E-state index in [1.807, 2.05) is 0 Å². The first-order valence-electron chi connectivity index (χ1n) is 9.69. The predicted molar refractivity (Wildman–Crippen MR) is 110 cm³/mol. The molecule has 3 aromatic heterocycles. The van der Waals surface area contributed by atoms with Gasteiger partial charge >= 0.3 is 6.18 Å². The zero-order valence-corrected chi connectivity index (χ0v) is 17.6. The number of hydrogen-bond acceptors (Lipinski definition) is 5. The summed E-state index contributed by atoms with van der Waals surface area (Å²) < 4.78 is 40.3. The summed E-state index contributed by atoms with van der Waals surface area (Å²) in [5.74, 6) is -1.41.